The second-order valence-corrected chi connectivity index (χ2v) is 12.1. The number of ketones is 1. The molecule has 1 aromatic carbocycles. The van der Waals surface area contributed by atoms with Gasteiger partial charge in [-0.05, 0) is 68.6 Å². The molecule has 2 bridgehead atoms. The van der Waals surface area contributed by atoms with Gasteiger partial charge in [-0.3, -0.25) is 18.7 Å². The summed E-state index contributed by atoms with van der Waals surface area (Å²) in [5.74, 6) is 0.216. The van der Waals surface area contributed by atoms with Crippen molar-refractivity contribution in [1.29, 1.82) is 0 Å². The third-order valence-electron chi connectivity index (χ3n) is 8.75. The van der Waals surface area contributed by atoms with Crippen LogP contribution in [0, 0.1) is 0 Å². The molecule has 0 spiro atoms. The molecule has 1 saturated carbocycles. The van der Waals surface area contributed by atoms with Gasteiger partial charge < -0.3 is 14.2 Å². The molecule has 2 aliphatic heterocycles. The van der Waals surface area contributed by atoms with Crippen LogP contribution in [0.15, 0.2) is 18.3 Å². The Morgan fingerprint density at radius 2 is 1.67 bits per heavy atom. The van der Waals surface area contributed by atoms with Gasteiger partial charge in [0.1, 0.15) is 12.6 Å². The Balaban J connectivity index is 1.49. The smallest absolute Gasteiger partial charge is 0.255 e. The van der Waals surface area contributed by atoms with Gasteiger partial charge in [0.15, 0.2) is 5.78 Å². The topological polar surface area (TPSA) is 80.6 Å². The number of nitrogens with zero attached hydrogens (tertiary/aromatic N) is 2. The van der Waals surface area contributed by atoms with Crippen molar-refractivity contribution < 1.29 is 19.1 Å². The molecule has 5 rings (SSSR count). The second-order valence-electron chi connectivity index (χ2n) is 11.7. The molecule has 1 saturated heterocycles. The van der Waals surface area contributed by atoms with E-state index in [0.29, 0.717) is 31.1 Å². The summed E-state index contributed by atoms with van der Waals surface area (Å²) >= 11 is 3.08. The fourth-order valence-electron chi connectivity index (χ4n) is 6.51. The maximum atomic E-state index is 13.8. The van der Waals surface area contributed by atoms with Crippen LogP contribution in [0.1, 0.15) is 111 Å². The van der Waals surface area contributed by atoms with E-state index in [1.165, 1.54) is 62.5 Å². The quantitative estimate of drug-likeness (QED) is 0.336. The van der Waals surface area contributed by atoms with E-state index in [1.54, 1.807) is 11.8 Å². The highest BCUT2D eigenvalue weighted by atomic mass is 79.9. The number of halogens is 1. The van der Waals surface area contributed by atoms with Crippen molar-refractivity contribution >= 4 is 44.6 Å². The van der Waals surface area contributed by atoms with Gasteiger partial charge >= 0.3 is 0 Å². The summed E-state index contributed by atoms with van der Waals surface area (Å²) in [5.41, 5.74) is 4.24. The molecule has 1 N–H and O–H groups in total. The van der Waals surface area contributed by atoms with Crippen molar-refractivity contribution in [2.24, 2.45) is 0 Å². The fourth-order valence-corrected chi connectivity index (χ4v) is 6.75. The van der Waals surface area contributed by atoms with Crippen LogP contribution in [0.25, 0.3) is 10.9 Å². The zero-order valence-electron chi connectivity index (χ0n) is 23.2. The number of aromatic nitrogens is 1. The van der Waals surface area contributed by atoms with E-state index in [2.05, 4.69) is 32.6 Å². The van der Waals surface area contributed by atoms with E-state index < -0.39 is 6.04 Å². The van der Waals surface area contributed by atoms with Crippen LogP contribution < -0.4 is 4.34 Å². The predicted octanol–water partition coefficient (Wildman–Crippen LogP) is 6.20. The van der Waals surface area contributed by atoms with Gasteiger partial charge in [-0.2, -0.15) is 0 Å². The lowest BCUT2D eigenvalue weighted by Gasteiger charge is -2.27. The molecule has 1 aromatic heterocycles. The summed E-state index contributed by atoms with van der Waals surface area (Å²) < 4.78 is 10.7. The van der Waals surface area contributed by atoms with Crippen LogP contribution in [-0.4, -0.2) is 52.4 Å². The van der Waals surface area contributed by atoms with Gasteiger partial charge in [0.2, 0.25) is 5.91 Å². The molecule has 7 nitrogen and oxygen atoms in total. The van der Waals surface area contributed by atoms with E-state index in [9.17, 15) is 14.4 Å². The molecular formula is C31H42BrN3O4. The molecule has 8 heteroatoms. The normalized spacial score (nSPS) is 24.1. The van der Waals surface area contributed by atoms with E-state index in [0.717, 1.165) is 36.6 Å². The molecular weight excluding hydrogens is 558 g/mol. The molecule has 3 aliphatic rings. The molecule has 39 heavy (non-hydrogen) atoms. The standard InChI is InChI=1S/C31H42BrN3O4/c1-21(36)26-19-34-20-28(37)35-15-14-27(30(35)31(38)33-32)39-16-10-8-6-4-2-3-5-7-9-11-23-17-24(22-12-13-22)18-25(26)29(23)34/h17-19,22,27,30H,2-16,20H2,1H3,(H,33,38)/t27-,30+/m1/s1. The van der Waals surface area contributed by atoms with Crippen molar-refractivity contribution in [3.63, 3.8) is 0 Å². The highest BCUT2D eigenvalue weighted by Gasteiger charge is 2.42. The Morgan fingerprint density at radius 1 is 0.974 bits per heavy atom. The number of carbonyl (C=O) groups excluding carboxylic acids is 3. The lowest BCUT2D eigenvalue weighted by Crippen LogP contribution is -2.49. The fraction of sp³-hybridized carbons (Fsp3) is 0.645. The monoisotopic (exact) mass is 599 g/mol. The first-order valence-corrected chi connectivity index (χ1v) is 15.8. The second kappa shape index (κ2) is 13.0. The minimum atomic E-state index is -0.669. The van der Waals surface area contributed by atoms with Crippen LogP contribution in [0.3, 0.4) is 0 Å². The van der Waals surface area contributed by atoms with Gasteiger partial charge in [-0.25, -0.2) is 0 Å². The summed E-state index contributed by atoms with van der Waals surface area (Å²) in [6.07, 6.45) is 16.2. The third-order valence-corrected chi connectivity index (χ3v) is 9.14. The first-order chi connectivity index (χ1) is 19.0. The molecule has 0 radical (unpaired) electrons. The maximum absolute atomic E-state index is 13.8. The van der Waals surface area contributed by atoms with Gasteiger partial charge in [0.05, 0.1) is 11.6 Å². The Hall–Kier alpha value is -2.19. The number of Topliss-reactive ketones (excluding diaryl/α,β-unsaturated/α-hetero) is 1. The average Bonchev–Trinajstić information content (AvgIpc) is 3.59. The maximum Gasteiger partial charge on any atom is 0.255 e. The van der Waals surface area contributed by atoms with Crippen LogP contribution in [-0.2, 0) is 27.3 Å². The van der Waals surface area contributed by atoms with Crippen molar-refractivity contribution in [3.05, 3.63) is 35.0 Å². The highest BCUT2D eigenvalue weighted by molar-refractivity contribution is 9.08. The Kier molecular flexibility index (Phi) is 9.44. The Bertz CT molecular complexity index is 1200. The predicted molar refractivity (Wildman–Crippen MR) is 156 cm³/mol. The first-order valence-electron chi connectivity index (χ1n) is 15.0. The summed E-state index contributed by atoms with van der Waals surface area (Å²) in [6.45, 7) is 2.79. The van der Waals surface area contributed by atoms with Crippen LogP contribution in [0.5, 0.6) is 0 Å². The van der Waals surface area contributed by atoms with Crippen molar-refractivity contribution in [1.82, 2.24) is 13.8 Å². The number of benzene rings is 1. The average molecular weight is 601 g/mol. The number of ether oxygens (including phenoxy) is 1. The van der Waals surface area contributed by atoms with Crippen molar-refractivity contribution in [2.75, 3.05) is 13.2 Å². The Labute approximate surface area is 240 Å². The van der Waals surface area contributed by atoms with Gasteiger partial charge in [-0.1, -0.05) is 51.0 Å². The van der Waals surface area contributed by atoms with E-state index in [1.807, 2.05) is 10.8 Å². The number of carbonyl (C=O) groups is 3. The van der Waals surface area contributed by atoms with E-state index >= 15 is 0 Å². The molecule has 2 fully saturated rings. The highest BCUT2D eigenvalue weighted by Crippen LogP contribution is 2.43. The molecule has 1 aliphatic carbocycles. The Morgan fingerprint density at radius 3 is 2.33 bits per heavy atom. The number of rotatable bonds is 3. The van der Waals surface area contributed by atoms with Crippen molar-refractivity contribution in [2.45, 2.75) is 115 Å². The number of hydrogen-bond donors (Lipinski definition) is 1. The summed E-state index contributed by atoms with van der Waals surface area (Å²) in [5, 5.41) is 0.967. The molecule has 0 unspecified atom stereocenters. The number of aryl methyl sites for hydroxylation is 1. The summed E-state index contributed by atoms with van der Waals surface area (Å²) in [6, 6.07) is 3.85. The van der Waals surface area contributed by atoms with Crippen LogP contribution >= 0.6 is 16.1 Å². The zero-order valence-corrected chi connectivity index (χ0v) is 24.8. The lowest BCUT2D eigenvalue weighted by atomic mass is 9.96. The third kappa shape index (κ3) is 6.59. The first kappa shape index (κ1) is 28.3. The molecule has 3 heterocycles. The van der Waals surface area contributed by atoms with E-state index in [4.69, 9.17) is 4.74 Å². The number of hydrogen-bond acceptors (Lipinski definition) is 4. The SMILES string of the molecule is CC(=O)c1cn2c3c(cc(C4CC4)cc13)CCCCCCCCCCCO[C@@H]1CCN(C(=O)C2)[C@@H]1C(=O)NBr. The van der Waals surface area contributed by atoms with Gasteiger partial charge in [0, 0.05) is 46.4 Å². The molecule has 2 atom stereocenters. The minimum absolute atomic E-state index is 0.0156. The lowest BCUT2D eigenvalue weighted by molar-refractivity contribution is -0.141. The van der Waals surface area contributed by atoms with Crippen LogP contribution in [0.2, 0.25) is 0 Å². The van der Waals surface area contributed by atoms with Gasteiger partial charge in [0.25, 0.3) is 5.91 Å². The molecule has 2 amide bonds. The number of fused-ring (bicyclic) bond motifs is 2. The zero-order chi connectivity index (χ0) is 27.4. The largest absolute Gasteiger partial charge is 0.375 e. The van der Waals surface area contributed by atoms with Crippen molar-refractivity contribution in [3.8, 4) is 0 Å². The number of nitrogens with one attached hydrogen (secondary N) is 1. The number of amides is 2. The van der Waals surface area contributed by atoms with E-state index in [-0.39, 0.29) is 30.2 Å². The molecule has 2 aromatic rings. The van der Waals surface area contributed by atoms with Crippen LogP contribution in [0.4, 0.5) is 0 Å². The summed E-state index contributed by atoms with van der Waals surface area (Å²) in [7, 11) is 0. The summed E-state index contributed by atoms with van der Waals surface area (Å²) in [4.78, 5) is 41.0. The minimum Gasteiger partial charge on any atom is -0.375 e. The molecule has 212 valence electrons. The van der Waals surface area contributed by atoms with Gasteiger partial charge in [-0.15, -0.1) is 0 Å².